The summed E-state index contributed by atoms with van der Waals surface area (Å²) in [4.78, 5) is 23.9. The van der Waals surface area contributed by atoms with Crippen molar-refractivity contribution in [1.82, 2.24) is 10.2 Å². The predicted octanol–water partition coefficient (Wildman–Crippen LogP) is 4.26. The van der Waals surface area contributed by atoms with Gasteiger partial charge in [0.25, 0.3) is 5.91 Å². The number of carbonyl (C=O) groups excluding carboxylic acids is 1. The number of hydrogen-bond donors (Lipinski definition) is 2. The van der Waals surface area contributed by atoms with Crippen LogP contribution in [-0.2, 0) is 10.2 Å². The topological polar surface area (TPSA) is 88.1 Å². The van der Waals surface area contributed by atoms with E-state index in [2.05, 4.69) is 29.4 Å². The molecule has 4 rings (SSSR count). The van der Waals surface area contributed by atoms with Crippen LogP contribution >= 0.6 is 0 Å². The Hall–Kier alpha value is -3.34. The Kier molecular flexibility index (Phi) is 8.68. The first-order valence-corrected chi connectivity index (χ1v) is 11.7. The fraction of sp³-hybridized carbons (Fsp3) is 0.462. The molecule has 11 heteroatoms. The van der Waals surface area contributed by atoms with E-state index in [1.807, 2.05) is 6.07 Å². The van der Waals surface area contributed by atoms with Gasteiger partial charge in [-0.05, 0) is 68.1 Å². The van der Waals surface area contributed by atoms with Crippen LogP contribution in [0.3, 0.4) is 0 Å². The number of carbonyl (C=O) groups is 2. The van der Waals surface area contributed by atoms with E-state index in [0.717, 1.165) is 43.9 Å². The lowest BCUT2D eigenvalue weighted by atomic mass is 9.63. The average molecular weight is 527 g/mol. The first kappa shape index (κ1) is 28.2. The number of methoxy groups -OCH3 is 2. The summed E-state index contributed by atoms with van der Waals surface area (Å²) in [5.74, 6) is -1.45. The second-order valence-corrected chi connectivity index (χ2v) is 9.38. The molecule has 2 aromatic rings. The SMILES string of the molecule is COc1ccc(C23CCC(NC(=O)c4cccc(F)c4)CC2CN(C)C3)cc1OC.O=C(O)C(F)(F)F. The van der Waals surface area contributed by atoms with Crippen LogP contribution in [-0.4, -0.2) is 68.5 Å². The molecular formula is C26H30F4N2O5. The fourth-order valence-electron chi connectivity index (χ4n) is 5.35. The molecule has 0 aromatic heterocycles. The molecule has 1 amide bonds. The average Bonchev–Trinajstić information content (AvgIpc) is 3.19. The Morgan fingerprint density at radius 2 is 1.78 bits per heavy atom. The molecule has 1 heterocycles. The number of nitrogens with zero attached hydrogens (tertiary/aromatic N) is 1. The summed E-state index contributed by atoms with van der Waals surface area (Å²) in [6.07, 6.45) is -2.31. The molecule has 1 aliphatic heterocycles. The lowest BCUT2D eigenvalue weighted by Gasteiger charge is -2.43. The van der Waals surface area contributed by atoms with E-state index in [-0.39, 0.29) is 17.4 Å². The third-order valence-electron chi connectivity index (χ3n) is 7.00. The molecule has 0 radical (unpaired) electrons. The van der Waals surface area contributed by atoms with Crippen molar-refractivity contribution in [2.24, 2.45) is 5.92 Å². The van der Waals surface area contributed by atoms with E-state index in [0.29, 0.717) is 11.5 Å². The standard InChI is InChI=1S/C24H29FN2O3.C2HF3O2/c1-27-14-18-12-20(26-23(28)16-5-4-6-19(25)11-16)9-10-24(18,15-27)17-7-8-21(29-2)22(13-17)30-3;3-2(4,5)1(6)7/h4-8,11,13,18,20H,9-10,12,14-15H2,1-3H3,(H,26,28);(H,6,7). The predicted molar refractivity (Wildman–Crippen MR) is 127 cm³/mol. The molecule has 2 fully saturated rings. The number of benzene rings is 2. The first-order chi connectivity index (χ1) is 17.4. The monoisotopic (exact) mass is 526 g/mol. The van der Waals surface area contributed by atoms with Gasteiger partial charge in [-0.2, -0.15) is 13.2 Å². The van der Waals surface area contributed by atoms with Crippen molar-refractivity contribution in [3.63, 3.8) is 0 Å². The van der Waals surface area contributed by atoms with Crippen molar-refractivity contribution in [2.45, 2.75) is 36.9 Å². The molecule has 7 nitrogen and oxygen atoms in total. The molecule has 2 aromatic carbocycles. The van der Waals surface area contributed by atoms with Crippen LogP contribution in [0.5, 0.6) is 11.5 Å². The number of amides is 1. The number of rotatable bonds is 5. The number of carboxylic acids is 1. The zero-order valence-electron chi connectivity index (χ0n) is 20.8. The van der Waals surface area contributed by atoms with Crippen LogP contribution in [0.15, 0.2) is 42.5 Å². The van der Waals surface area contributed by atoms with Gasteiger partial charge in [0.2, 0.25) is 0 Å². The van der Waals surface area contributed by atoms with Gasteiger partial charge < -0.3 is 24.8 Å². The second-order valence-electron chi connectivity index (χ2n) is 9.38. The molecule has 3 atom stereocenters. The largest absolute Gasteiger partial charge is 0.493 e. The number of likely N-dealkylation sites (N-methyl/N-ethyl adjacent to an activating group) is 1. The zero-order valence-corrected chi connectivity index (χ0v) is 20.8. The summed E-state index contributed by atoms with van der Waals surface area (Å²) in [5, 5.41) is 10.3. The summed E-state index contributed by atoms with van der Waals surface area (Å²) in [5.41, 5.74) is 1.67. The fourth-order valence-corrected chi connectivity index (χ4v) is 5.35. The Morgan fingerprint density at radius 3 is 2.38 bits per heavy atom. The van der Waals surface area contributed by atoms with Crippen molar-refractivity contribution in [3.05, 3.63) is 59.4 Å². The Balaban J connectivity index is 0.000000479. The van der Waals surface area contributed by atoms with Crippen LogP contribution in [0.1, 0.15) is 35.2 Å². The number of fused-ring (bicyclic) bond motifs is 1. The van der Waals surface area contributed by atoms with Crippen molar-refractivity contribution >= 4 is 11.9 Å². The van der Waals surface area contributed by atoms with Gasteiger partial charge in [-0.1, -0.05) is 12.1 Å². The van der Waals surface area contributed by atoms with Gasteiger partial charge >= 0.3 is 12.1 Å². The van der Waals surface area contributed by atoms with Crippen LogP contribution < -0.4 is 14.8 Å². The minimum Gasteiger partial charge on any atom is -0.493 e. The van der Waals surface area contributed by atoms with E-state index in [9.17, 15) is 22.4 Å². The highest BCUT2D eigenvalue weighted by Crippen LogP contribution is 2.49. The molecule has 1 saturated carbocycles. The maximum Gasteiger partial charge on any atom is 0.490 e. The summed E-state index contributed by atoms with van der Waals surface area (Å²) >= 11 is 0. The molecule has 1 saturated heterocycles. The second kappa shape index (κ2) is 11.4. The minimum atomic E-state index is -5.08. The van der Waals surface area contributed by atoms with Gasteiger partial charge in [0.05, 0.1) is 14.2 Å². The molecule has 2 N–H and O–H groups in total. The third kappa shape index (κ3) is 6.51. The maximum absolute atomic E-state index is 13.5. The zero-order chi connectivity index (χ0) is 27.4. The quantitative estimate of drug-likeness (QED) is 0.567. The van der Waals surface area contributed by atoms with Gasteiger partial charge in [-0.15, -0.1) is 0 Å². The molecule has 202 valence electrons. The Labute approximate surface area is 212 Å². The number of alkyl halides is 3. The summed E-state index contributed by atoms with van der Waals surface area (Å²) in [7, 11) is 5.46. The van der Waals surface area contributed by atoms with Gasteiger partial charge in [-0.3, -0.25) is 4.79 Å². The van der Waals surface area contributed by atoms with Crippen molar-refractivity contribution in [3.8, 4) is 11.5 Å². The van der Waals surface area contributed by atoms with E-state index in [1.54, 1.807) is 26.4 Å². The van der Waals surface area contributed by atoms with Crippen LogP contribution in [0.4, 0.5) is 17.6 Å². The molecule has 37 heavy (non-hydrogen) atoms. The van der Waals surface area contributed by atoms with Crippen molar-refractivity contribution in [2.75, 3.05) is 34.4 Å². The highest BCUT2D eigenvalue weighted by Gasteiger charge is 2.50. The van der Waals surface area contributed by atoms with E-state index in [4.69, 9.17) is 19.4 Å². The van der Waals surface area contributed by atoms with E-state index < -0.39 is 18.0 Å². The van der Waals surface area contributed by atoms with Gasteiger partial charge in [0.15, 0.2) is 11.5 Å². The lowest BCUT2D eigenvalue weighted by molar-refractivity contribution is -0.192. The number of aliphatic carboxylic acids is 1. The highest BCUT2D eigenvalue weighted by molar-refractivity contribution is 5.94. The number of halogens is 4. The maximum atomic E-state index is 13.5. The minimum absolute atomic E-state index is 0.0361. The van der Waals surface area contributed by atoms with Crippen molar-refractivity contribution in [1.29, 1.82) is 0 Å². The summed E-state index contributed by atoms with van der Waals surface area (Å²) < 4.78 is 56.2. The molecule has 0 spiro atoms. The first-order valence-electron chi connectivity index (χ1n) is 11.7. The number of nitrogens with one attached hydrogen (secondary N) is 1. The molecular weight excluding hydrogens is 496 g/mol. The number of carboxylic acid groups (broad SMARTS) is 1. The number of ether oxygens (including phenoxy) is 2. The van der Waals surface area contributed by atoms with E-state index in [1.165, 1.54) is 17.7 Å². The van der Waals surface area contributed by atoms with Gasteiger partial charge in [0, 0.05) is 30.1 Å². The van der Waals surface area contributed by atoms with Crippen molar-refractivity contribution < 1.29 is 41.7 Å². The number of hydrogen-bond acceptors (Lipinski definition) is 5. The van der Waals surface area contributed by atoms with E-state index >= 15 is 0 Å². The van der Waals surface area contributed by atoms with Gasteiger partial charge in [-0.25, -0.2) is 9.18 Å². The Morgan fingerprint density at radius 1 is 1.11 bits per heavy atom. The molecule has 1 aliphatic carbocycles. The summed E-state index contributed by atoms with van der Waals surface area (Å²) in [6.45, 7) is 1.97. The summed E-state index contributed by atoms with van der Waals surface area (Å²) in [6, 6.07) is 12.2. The van der Waals surface area contributed by atoms with Crippen LogP contribution in [0.2, 0.25) is 0 Å². The normalized spacial score (nSPS) is 23.3. The highest BCUT2D eigenvalue weighted by atomic mass is 19.4. The lowest BCUT2D eigenvalue weighted by Crippen LogP contribution is -2.47. The Bertz CT molecular complexity index is 1130. The molecule has 3 unspecified atom stereocenters. The smallest absolute Gasteiger partial charge is 0.490 e. The van der Waals surface area contributed by atoms with Crippen LogP contribution in [0, 0.1) is 11.7 Å². The molecule has 0 bridgehead atoms. The van der Waals surface area contributed by atoms with Crippen LogP contribution in [0.25, 0.3) is 0 Å². The van der Waals surface area contributed by atoms with Gasteiger partial charge in [0.1, 0.15) is 5.82 Å². The number of likely N-dealkylation sites (tertiary alicyclic amines) is 1. The third-order valence-corrected chi connectivity index (χ3v) is 7.00. The molecule has 2 aliphatic rings.